The average Bonchev–Trinajstić information content (AvgIpc) is 1.55. The summed E-state index contributed by atoms with van der Waals surface area (Å²) in [5, 5.41) is -3.28. The second kappa shape index (κ2) is 5.12. The molecule has 0 aliphatic heterocycles. The van der Waals surface area contributed by atoms with E-state index in [2.05, 4.69) is 11.6 Å². The molecular formula is C6H10Cl2F4. The molecule has 0 aromatic heterocycles. The van der Waals surface area contributed by atoms with Crippen molar-refractivity contribution in [3.63, 3.8) is 0 Å². The molecule has 0 saturated heterocycles. The van der Waals surface area contributed by atoms with Gasteiger partial charge in [0, 0.05) is 5.38 Å². The van der Waals surface area contributed by atoms with Crippen LogP contribution in [0, 0.1) is 0 Å². The molecule has 6 heteroatoms. The molecule has 0 aromatic carbocycles. The van der Waals surface area contributed by atoms with Gasteiger partial charge < -0.3 is 0 Å². The first-order chi connectivity index (χ1) is 4.98. The third kappa shape index (κ3) is 10.3. The number of hydrogen-bond donors (Lipinski definition) is 0. The van der Waals surface area contributed by atoms with Crippen molar-refractivity contribution < 1.29 is 17.6 Å². The zero-order valence-electron chi connectivity index (χ0n) is 6.85. The van der Waals surface area contributed by atoms with Gasteiger partial charge in [-0.1, -0.05) is 11.6 Å². The first-order valence-corrected chi connectivity index (χ1v) is 3.88. The topological polar surface area (TPSA) is 0 Å². The quantitative estimate of drug-likeness (QED) is 0.433. The highest BCUT2D eigenvalue weighted by molar-refractivity contribution is 6.23. The molecule has 0 rings (SSSR count). The highest BCUT2D eigenvalue weighted by atomic mass is 35.5. The molecule has 76 valence electrons. The third-order valence-electron chi connectivity index (χ3n) is 0.498. The van der Waals surface area contributed by atoms with Crippen LogP contribution in [0.4, 0.5) is 17.6 Å². The van der Waals surface area contributed by atoms with Crippen molar-refractivity contribution in [1.29, 1.82) is 0 Å². The maximum atomic E-state index is 11.5. The molecule has 0 saturated carbocycles. The van der Waals surface area contributed by atoms with E-state index in [1.165, 1.54) is 0 Å². The van der Waals surface area contributed by atoms with E-state index in [0.717, 1.165) is 0 Å². The van der Waals surface area contributed by atoms with Gasteiger partial charge in [-0.05, 0) is 20.8 Å². The van der Waals surface area contributed by atoms with E-state index in [1.807, 2.05) is 13.8 Å². The van der Waals surface area contributed by atoms with Crippen LogP contribution >= 0.6 is 23.2 Å². The second-order valence-electron chi connectivity index (χ2n) is 2.40. The molecule has 0 N–H and O–H groups in total. The summed E-state index contributed by atoms with van der Waals surface area (Å²) in [5.41, 5.74) is 0. The van der Waals surface area contributed by atoms with E-state index in [9.17, 15) is 17.6 Å². The van der Waals surface area contributed by atoms with E-state index >= 15 is 0 Å². The predicted octanol–water partition coefficient (Wildman–Crippen LogP) is 4.11. The van der Waals surface area contributed by atoms with Gasteiger partial charge in [0.25, 0.3) is 5.13 Å². The Morgan fingerprint density at radius 2 is 1.17 bits per heavy atom. The fourth-order valence-corrected chi connectivity index (χ4v) is 0. The number of rotatable bonds is 0. The Morgan fingerprint density at radius 3 is 1.17 bits per heavy atom. The van der Waals surface area contributed by atoms with Crippen molar-refractivity contribution in [2.75, 3.05) is 0 Å². The van der Waals surface area contributed by atoms with Gasteiger partial charge in [-0.25, -0.2) is 4.39 Å². The lowest BCUT2D eigenvalue weighted by molar-refractivity contribution is -0.192. The maximum absolute atomic E-state index is 11.5. The fourth-order valence-electron chi connectivity index (χ4n) is 0. The summed E-state index contributed by atoms with van der Waals surface area (Å²) < 4.78 is 44.7. The molecule has 1 atom stereocenters. The van der Waals surface area contributed by atoms with Gasteiger partial charge in [0.1, 0.15) is 0 Å². The van der Waals surface area contributed by atoms with Gasteiger partial charge in [0.15, 0.2) is 0 Å². The lowest BCUT2D eigenvalue weighted by atomic mass is 10.4. The summed E-state index contributed by atoms with van der Waals surface area (Å²) in [6.45, 7) is 4.11. The monoisotopic (exact) mass is 228 g/mol. The average molecular weight is 229 g/mol. The maximum Gasteiger partial charge on any atom is 0.436 e. The lowest BCUT2D eigenvalue weighted by Crippen LogP contribution is -2.31. The number of alkyl halides is 6. The lowest BCUT2D eigenvalue weighted by Gasteiger charge is -2.14. The molecule has 12 heavy (non-hydrogen) atoms. The van der Waals surface area contributed by atoms with E-state index in [1.54, 1.807) is 0 Å². The number of halogens is 6. The van der Waals surface area contributed by atoms with Crippen LogP contribution in [-0.2, 0) is 0 Å². The summed E-state index contributed by atoms with van der Waals surface area (Å²) in [6.07, 6.45) is -4.96. The van der Waals surface area contributed by atoms with Crippen molar-refractivity contribution in [3.8, 4) is 0 Å². The zero-order chi connectivity index (χ0) is 10.6. The van der Waals surface area contributed by atoms with Crippen molar-refractivity contribution in [2.45, 2.75) is 37.5 Å². The minimum absolute atomic E-state index is 0.245. The van der Waals surface area contributed by atoms with Crippen LogP contribution in [0.3, 0.4) is 0 Å². The molecular weight excluding hydrogens is 219 g/mol. The third-order valence-corrected chi connectivity index (χ3v) is 0.712. The molecule has 0 bridgehead atoms. The van der Waals surface area contributed by atoms with Crippen LogP contribution < -0.4 is 0 Å². The van der Waals surface area contributed by atoms with Gasteiger partial charge in [0.2, 0.25) is 0 Å². The van der Waals surface area contributed by atoms with Gasteiger partial charge >= 0.3 is 6.18 Å². The van der Waals surface area contributed by atoms with Crippen molar-refractivity contribution in [2.24, 2.45) is 0 Å². The van der Waals surface area contributed by atoms with E-state index in [0.29, 0.717) is 5.38 Å². The molecule has 0 radical (unpaired) electrons. The van der Waals surface area contributed by atoms with E-state index < -0.39 is 11.3 Å². The molecule has 1 unspecified atom stereocenters. The molecule has 0 fully saturated rings. The highest BCUT2D eigenvalue weighted by Gasteiger charge is 2.50. The molecule has 0 heterocycles. The number of hydrogen-bond acceptors (Lipinski definition) is 0. The fraction of sp³-hybridized carbons (Fsp3) is 1.00. The first-order valence-electron chi connectivity index (χ1n) is 3.07. The molecule has 0 aliphatic carbocycles. The zero-order valence-corrected chi connectivity index (χ0v) is 8.36. The smallest absolute Gasteiger partial charge is 0.216 e. The Balaban J connectivity index is 0. The second-order valence-corrected chi connectivity index (χ2v) is 3.98. The molecule has 0 aliphatic rings. The summed E-state index contributed by atoms with van der Waals surface area (Å²) >= 11 is 9.49. The standard InChI is InChI=1S/C3H3ClF4.C3H7Cl/c1-2(4,5)3(6,7)8;1-3(2)4/h1H3;3H,1-2H3. The molecule has 0 amide bonds. The molecule has 0 spiro atoms. The Labute approximate surface area is 78.8 Å². The Bertz CT molecular complexity index is 98.9. The Morgan fingerprint density at radius 1 is 1.08 bits per heavy atom. The van der Waals surface area contributed by atoms with Gasteiger partial charge in [0.05, 0.1) is 0 Å². The summed E-state index contributed by atoms with van der Waals surface area (Å²) in [4.78, 5) is 0. The molecule has 0 nitrogen and oxygen atoms in total. The van der Waals surface area contributed by atoms with Crippen LogP contribution in [-0.4, -0.2) is 16.7 Å². The van der Waals surface area contributed by atoms with Crippen LogP contribution in [0.25, 0.3) is 0 Å². The summed E-state index contributed by atoms with van der Waals surface area (Å²) in [6, 6.07) is 0. The van der Waals surface area contributed by atoms with E-state index in [4.69, 9.17) is 11.6 Å². The van der Waals surface area contributed by atoms with Crippen molar-refractivity contribution >= 4 is 23.2 Å². The predicted molar refractivity (Wildman–Crippen MR) is 42.4 cm³/mol. The normalized spacial score (nSPS) is 16.5. The van der Waals surface area contributed by atoms with Gasteiger partial charge in [-0.2, -0.15) is 13.2 Å². The minimum atomic E-state index is -4.96. The van der Waals surface area contributed by atoms with Gasteiger partial charge in [-0.3, -0.25) is 0 Å². The SMILES string of the molecule is CC(C)Cl.CC(F)(Cl)C(F)(F)F. The van der Waals surface area contributed by atoms with Crippen molar-refractivity contribution in [1.82, 2.24) is 0 Å². The molecule has 0 aromatic rings. The summed E-state index contributed by atoms with van der Waals surface area (Å²) in [5.74, 6) is 0. The highest BCUT2D eigenvalue weighted by Crippen LogP contribution is 2.36. The van der Waals surface area contributed by atoms with Crippen LogP contribution in [0.1, 0.15) is 20.8 Å². The van der Waals surface area contributed by atoms with Crippen LogP contribution in [0.5, 0.6) is 0 Å². The van der Waals surface area contributed by atoms with Crippen molar-refractivity contribution in [3.05, 3.63) is 0 Å². The largest absolute Gasteiger partial charge is 0.436 e. The van der Waals surface area contributed by atoms with E-state index in [-0.39, 0.29) is 6.92 Å². The Hall–Kier alpha value is 0.300. The van der Waals surface area contributed by atoms with Crippen LogP contribution in [0.15, 0.2) is 0 Å². The van der Waals surface area contributed by atoms with Gasteiger partial charge in [-0.15, -0.1) is 11.6 Å². The minimum Gasteiger partial charge on any atom is -0.216 e. The first kappa shape index (κ1) is 14.8. The van der Waals surface area contributed by atoms with Crippen LogP contribution in [0.2, 0.25) is 0 Å². The Kier molecular flexibility index (Phi) is 6.32. The summed E-state index contributed by atoms with van der Waals surface area (Å²) in [7, 11) is 0.